The fraction of sp³-hybridized carbons (Fsp3) is 0.600. The van der Waals surface area contributed by atoms with Gasteiger partial charge in [0.05, 0.1) is 18.8 Å². The van der Waals surface area contributed by atoms with Gasteiger partial charge in [-0.1, -0.05) is 12.1 Å². The van der Waals surface area contributed by atoms with Gasteiger partial charge in [-0.05, 0) is 44.6 Å². The lowest BCUT2D eigenvalue weighted by Gasteiger charge is -2.21. The van der Waals surface area contributed by atoms with E-state index in [0.29, 0.717) is 0 Å². The zero-order valence-electron chi connectivity index (χ0n) is 10.8. The second-order valence-electron chi connectivity index (χ2n) is 5.39. The molecule has 0 amide bonds. The van der Waals surface area contributed by atoms with Gasteiger partial charge in [-0.15, -0.1) is 0 Å². The summed E-state index contributed by atoms with van der Waals surface area (Å²) >= 11 is 0. The Kier molecular flexibility index (Phi) is 2.94. The zero-order valence-corrected chi connectivity index (χ0v) is 10.8. The maximum atomic E-state index is 10.3. The Hall–Kier alpha value is -1.22. The van der Waals surface area contributed by atoms with Gasteiger partial charge in [0, 0.05) is 5.56 Å². The van der Waals surface area contributed by atoms with Crippen LogP contribution in [0.3, 0.4) is 0 Å². The van der Waals surface area contributed by atoms with Crippen LogP contribution < -0.4 is 9.47 Å². The summed E-state index contributed by atoms with van der Waals surface area (Å²) < 4.78 is 11.5. The summed E-state index contributed by atoms with van der Waals surface area (Å²) in [7, 11) is 1.65. The first kappa shape index (κ1) is 11.8. The van der Waals surface area contributed by atoms with E-state index in [1.807, 2.05) is 18.2 Å². The molecule has 3 rings (SSSR count). The lowest BCUT2D eigenvalue weighted by Crippen LogP contribution is -2.16. The maximum Gasteiger partial charge on any atom is 0.167 e. The van der Waals surface area contributed by atoms with Crippen molar-refractivity contribution in [3.63, 3.8) is 0 Å². The van der Waals surface area contributed by atoms with Crippen molar-refractivity contribution in [2.75, 3.05) is 7.11 Å². The van der Waals surface area contributed by atoms with E-state index in [0.717, 1.165) is 42.7 Å². The first-order valence-electron chi connectivity index (χ1n) is 6.79. The number of aliphatic hydroxyl groups is 1. The van der Waals surface area contributed by atoms with Crippen molar-refractivity contribution in [3.05, 3.63) is 23.8 Å². The highest BCUT2D eigenvalue weighted by molar-refractivity contribution is 5.51. The molecule has 0 radical (unpaired) electrons. The molecule has 3 nitrogen and oxygen atoms in total. The molecule has 2 aliphatic rings. The molecule has 1 aromatic rings. The first-order chi connectivity index (χ1) is 8.73. The lowest BCUT2D eigenvalue weighted by atomic mass is 10.1. The quantitative estimate of drug-likeness (QED) is 0.890. The Balaban J connectivity index is 1.93. The second kappa shape index (κ2) is 4.47. The van der Waals surface area contributed by atoms with E-state index >= 15 is 0 Å². The SMILES string of the molecule is COc1cccc(C2(O)CC2)c1OC1CCCC1. The molecule has 2 fully saturated rings. The summed E-state index contributed by atoms with van der Waals surface area (Å²) in [5.41, 5.74) is 0.219. The van der Waals surface area contributed by atoms with Gasteiger partial charge >= 0.3 is 0 Å². The first-order valence-corrected chi connectivity index (χ1v) is 6.79. The van der Waals surface area contributed by atoms with Gasteiger partial charge < -0.3 is 14.6 Å². The number of hydrogen-bond acceptors (Lipinski definition) is 3. The van der Waals surface area contributed by atoms with Gasteiger partial charge in [0.1, 0.15) is 0 Å². The molecule has 2 saturated carbocycles. The van der Waals surface area contributed by atoms with Crippen molar-refractivity contribution >= 4 is 0 Å². The van der Waals surface area contributed by atoms with Crippen LogP contribution >= 0.6 is 0 Å². The number of ether oxygens (including phenoxy) is 2. The summed E-state index contributed by atoms with van der Waals surface area (Å²) in [4.78, 5) is 0. The van der Waals surface area contributed by atoms with E-state index in [4.69, 9.17) is 9.47 Å². The monoisotopic (exact) mass is 248 g/mol. The molecular weight excluding hydrogens is 228 g/mol. The smallest absolute Gasteiger partial charge is 0.167 e. The fourth-order valence-corrected chi connectivity index (χ4v) is 2.73. The molecular formula is C15H20O3. The van der Waals surface area contributed by atoms with Gasteiger partial charge in [-0.25, -0.2) is 0 Å². The minimum absolute atomic E-state index is 0.280. The van der Waals surface area contributed by atoms with Crippen LogP contribution in [0.2, 0.25) is 0 Å². The van der Waals surface area contributed by atoms with E-state index in [9.17, 15) is 5.11 Å². The van der Waals surface area contributed by atoms with Gasteiger partial charge in [0.15, 0.2) is 11.5 Å². The topological polar surface area (TPSA) is 38.7 Å². The van der Waals surface area contributed by atoms with Crippen LogP contribution in [0.5, 0.6) is 11.5 Å². The molecule has 0 unspecified atom stereocenters. The molecule has 0 aliphatic heterocycles. The minimum Gasteiger partial charge on any atom is -0.493 e. The van der Waals surface area contributed by atoms with Crippen molar-refractivity contribution < 1.29 is 14.6 Å². The number of hydrogen-bond donors (Lipinski definition) is 1. The number of rotatable bonds is 4. The maximum absolute atomic E-state index is 10.3. The van der Waals surface area contributed by atoms with E-state index in [-0.39, 0.29) is 6.10 Å². The molecule has 1 aromatic carbocycles. The van der Waals surface area contributed by atoms with Crippen LogP contribution in [-0.2, 0) is 5.60 Å². The van der Waals surface area contributed by atoms with Crippen LogP contribution in [0.1, 0.15) is 44.1 Å². The molecule has 0 heterocycles. The molecule has 18 heavy (non-hydrogen) atoms. The van der Waals surface area contributed by atoms with Gasteiger partial charge in [-0.2, -0.15) is 0 Å². The van der Waals surface area contributed by atoms with Gasteiger partial charge in [0.25, 0.3) is 0 Å². The molecule has 1 N–H and O–H groups in total. The molecule has 0 aromatic heterocycles. The average molecular weight is 248 g/mol. The summed E-state index contributed by atoms with van der Waals surface area (Å²) in [6.07, 6.45) is 6.61. The Morgan fingerprint density at radius 3 is 2.56 bits per heavy atom. The zero-order chi connectivity index (χ0) is 12.6. The highest BCUT2D eigenvalue weighted by Gasteiger charge is 2.45. The van der Waals surface area contributed by atoms with Gasteiger partial charge in [0.2, 0.25) is 0 Å². The van der Waals surface area contributed by atoms with E-state index in [1.165, 1.54) is 12.8 Å². The van der Waals surface area contributed by atoms with Crippen LogP contribution in [0.25, 0.3) is 0 Å². The normalized spacial score (nSPS) is 21.9. The largest absolute Gasteiger partial charge is 0.493 e. The van der Waals surface area contributed by atoms with Crippen molar-refractivity contribution in [1.82, 2.24) is 0 Å². The van der Waals surface area contributed by atoms with Crippen LogP contribution in [-0.4, -0.2) is 18.3 Å². The molecule has 98 valence electrons. The van der Waals surface area contributed by atoms with Crippen LogP contribution in [0, 0.1) is 0 Å². The molecule has 2 aliphatic carbocycles. The Labute approximate surface area is 108 Å². The minimum atomic E-state index is -0.678. The molecule has 0 saturated heterocycles. The van der Waals surface area contributed by atoms with Crippen molar-refractivity contribution in [2.24, 2.45) is 0 Å². The predicted molar refractivity (Wildman–Crippen MR) is 69.0 cm³/mol. The van der Waals surface area contributed by atoms with E-state index in [1.54, 1.807) is 7.11 Å². The standard InChI is InChI=1S/C15H20O3/c1-17-13-8-4-7-12(15(16)9-10-15)14(13)18-11-5-2-3-6-11/h4,7-8,11,16H,2-3,5-6,9-10H2,1H3. The molecule has 3 heteroatoms. The number of benzene rings is 1. The number of para-hydroxylation sites is 1. The van der Waals surface area contributed by atoms with E-state index in [2.05, 4.69) is 0 Å². The predicted octanol–water partition coefficient (Wildman–Crippen LogP) is 3.00. The molecule has 0 bridgehead atoms. The Morgan fingerprint density at radius 1 is 1.22 bits per heavy atom. The third kappa shape index (κ3) is 2.07. The third-order valence-corrected chi connectivity index (χ3v) is 4.01. The second-order valence-corrected chi connectivity index (χ2v) is 5.39. The summed E-state index contributed by atoms with van der Waals surface area (Å²) in [5, 5.41) is 10.3. The summed E-state index contributed by atoms with van der Waals surface area (Å²) in [6.45, 7) is 0. The van der Waals surface area contributed by atoms with E-state index < -0.39 is 5.60 Å². The van der Waals surface area contributed by atoms with Gasteiger partial charge in [-0.3, -0.25) is 0 Å². The van der Waals surface area contributed by atoms with Crippen LogP contribution in [0.4, 0.5) is 0 Å². The molecule has 0 atom stereocenters. The fourth-order valence-electron chi connectivity index (χ4n) is 2.73. The molecule has 0 spiro atoms. The average Bonchev–Trinajstić information content (AvgIpc) is 2.92. The highest BCUT2D eigenvalue weighted by Crippen LogP contribution is 2.51. The van der Waals surface area contributed by atoms with Crippen molar-refractivity contribution in [3.8, 4) is 11.5 Å². The Morgan fingerprint density at radius 2 is 1.94 bits per heavy atom. The summed E-state index contributed by atoms with van der Waals surface area (Å²) in [5.74, 6) is 1.49. The van der Waals surface area contributed by atoms with Crippen molar-refractivity contribution in [1.29, 1.82) is 0 Å². The third-order valence-electron chi connectivity index (χ3n) is 4.01. The Bertz CT molecular complexity index is 431. The highest BCUT2D eigenvalue weighted by atomic mass is 16.5. The van der Waals surface area contributed by atoms with Crippen LogP contribution in [0.15, 0.2) is 18.2 Å². The van der Waals surface area contributed by atoms with Crippen molar-refractivity contribution in [2.45, 2.75) is 50.2 Å². The lowest BCUT2D eigenvalue weighted by molar-refractivity contribution is 0.136. The number of methoxy groups -OCH3 is 1. The summed E-state index contributed by atoms with van der Waals surface area (Å²) in [6, 6.07) is 5.78.